The maximum absolute atomic E-state index is 13.3. The van der Waals surface area contributed by atoms with Gasteiger partial charge in [-0.1, -0.05) is 55.8 Å². The number of anilines is 1. The number of carbonyl (C=O) groups is 1. The minimum Gasteiger partial charge on any atom is -0.497 e. The second-order valence-electron chi connectivity index (χ2n) is 9.92. The van der Waals surface area contributed by atoms with Crippen molar-refractivity contribution in [1.29, 1.82) is 0 Å². The Labute approximate surface area is 219 Å². The van der Waals surface area contributed by atoms with Gasteiger partial charge in [0.25, 0.3) is 0 Å². The molecule has 0 spiro atoms. The number of likely N-dealkylation sites (tertiary alicyclic amines) is 1. The fourth-order valence-corrected chi connectivity index (χ4v) is 5.31. The van der Waals surface area contributed by atoms with E-state index in [9.17, 15) is 4.79 Å². The van der Waals surface area contributed by atoms with Crippen molar-refractivity contribution in [2.24, 2.45) is 5.92 Å². The number of nitrogens with one attached hydrogen (secondary N) is 1. The molecule has 0 unspecified atom stereocenters. The van der Waals surface area contributed by atoms with Crippen molar-refractivity contribution in [2.45, 2.75) is 45.7 Å². The number of piperidine rings is 1. The Bertz CT molecular complexity index is 1350. The van der Waals surface area contributed by atoms with Crippen LogP contribution >= 0.6 is 0 Å². The summed E-state index contributed by atoms with van der Waals surface area (Å²) in [5.41, 5.74) is 5.50. The first-order valence-corrected chi connectivity index (χ1v) is 13.3. The van der Waals surface area contributed by atoms with Crippen LogP contribution in [0.3, 0.4) is 0 Å². The SMILES string of the molecule is CCCc1ccccc1NC(=O)[C@@H]1CCCN(Cc2nc3ccccc3n2Cc2ccc(OC)cc2)C1. The number of carbonyl (C=O) groups excluding carboxylic acids is 1. The zero-order chi connectivity index (χ0) is 25.6. The van der Waals surface area contributed by atoms with Crippen LogP contribution in [-0.2, 0) is 24.3 Å². The van der Waals surface area contributed by atoms with Crippen molar-refractivity contribution in [2.75, 3.05) is 25.5 Å². The number of methoxy groups -OCH3 is 1. The van der Waals surface area contributed by atoms with Gasteiger partial charge in [-0.15, -0.1) is 0 Å². The van der Waals surface area contributed by atoms with Gasteiger partial charge in [-0.25, -0.2) is 4.98 Å². The Morgan fingerprint density at radius 2 is 1.81 bits per heavy atom. The number of rotatable bonds is 9. The van der Waals surface area contributed by atoms with Crippen LogP contribution in [0, 0.1) is 5.92 Å². The number of nitrogens with zero attached hydrogens (tertiary/aromatic N) is 3. The second kappa shape index (κ2) is 11.6. The molecule has 0 saturated carbocycles. The molecule has 0 aliphatic carbocycles. The summed E-state index contributed by atoms with van der Waals surface area (Å²) in [6, 6.07) is 24.7. The summed E-state index contributed by atoms with van der Waals surface area (Å²) >= 11 is 0. The number of benzene rings is 3. The maximum atomic E-state index is 13.3. The Morgan fingerprint density at radius 1 is 1.03 bits per heavy atom. The van der Waals surface area contributed by atoms with Crippen molar-refractivity contribution in [1.82, 2.24) is 14.5 Å². The summed E-state index contributed by atoms with van der Waals surface area (Å²) in [7, 11) is 1.69. The van der Waals surface area contributed by atoms with Crippen LogP contribution in [-0.4, -0.2) is 40.6 Å². The number of aromatic nitrogens is 2. The molecule has 1 saturated heterocycles. The van der Waals surface area contributed by atoms with Crippen molar-refractivity contribution < 1.29 is 9.53 Å². The van der Waals surface area contributed by atoms with Gasteiger partial charge in [0.05, 0.1) is 30.6 Å². The minimum absolute atomic E-state index is 0.0251. The van der Waals surface area contributed by atoms with E-state index in [0.717, 1.165) is 80.2 Å². The Hall–Kier alpha value is -3.64. The molecule has 37 heavy (non-hydrogen) atoms. The zero-order valence-corrected chi connectivity index (χ0v) is 21.8. The van der Waals surface area contributed by atoms with Gasteiger partial charge < -0.3 is 14.6 Å². The fraction of sp³-hybridized carbons (Fsp3) is 0.355. The van der Waals surface area contributed by atoms with Crippen molar-refractivity contribution in [3.05, 3.63) is 89.7 Å². The van der Waals surface area contributed by atoms with E-state index >= 15 is 0 Å². The molecule has 0 bridgehead atoms. The number of aryl methyl sites for hydroxylation is 1. The number of hydrogen-bond donors (Lipinski definition) is 1. The highest BCUT2D eigenvalue weighted by Crippen LogP contribution is 2.25. The predicted octanol–water partition coefficient (Wildman–Crippen LogP) is 5.90. The molecule has 1 N–H and O–H groups in total. The largest absolute Gasteiger partial charge is 0.497 e. The quantitative estimate of drug-likeness (QED) is 0.314. The van der Waals surface area contributed by atoms with Gasteiger partial charge >= 0.3 is 0 Å². The first-order valence-electron chi connectivity index (χ1n) is 13.3. The average Bonchev–Trinajstić information content (AvgIpc) is 3.27. The van der Waals surface area contributed by atoms with E-state index in [1.807, 2.05) is 36.4 Å². The van der Waals surface area contributed by atoms with Crippen LogP contribution in [0.25, 0.3) is 11.0 Å². The van der Waals surface area contributed by atoms with E-state index in [-0.39, 0.29) is 11.8 Å². The van der Waals surface area contributed by atoms with Crippen LogP contribution in [0.2, 0.25) is 0 Å². The van der Waals surface area contributed by atoms with Gasteiger partial charge in [-0.05, 0) is 67.3 Å². The third-order valence-corrected chi connectivity index (χ3v) is 7.27. The van der Waals surface area contributed by atoms with E-state index in [2.05, 4.69) is 58.1 Å². The summed E-state index contributed by atoms with van der Waals surface area (Å²) in [5, 5.41) is 3.23. The van der Waals surface area contributed by atoms with Gasteiger partial charge in [0.15, 0.2) is 0 Å². The first-order chi connectivity index (χ1) is 18.1. The second-order valence-corrected chi connectivity index (χ2v) is 9.92. The molecule has 1 aromatic heterocycles. The van der Waals surface area contributed by atoms with Gasteiger partial charge in [0.1, 0.15) is 11.6 Å². The molecule has 4 aromatic rings. The molecule has 1 amide bonds. The molecule has 6 heteroatoms. The number of para-hydroxylation sites is 3. The van der Waals surface area contributed by atoms with E-state index in [4.69, 9.17) is 9.72 Å². The fourth-order valence-electron chi connectivity index (χ4n) is 5.31. The Morgan fingerprint density at radius 3 is 2.62 bits per heavy atom. The highest BCUT2D eigenvalue weighted by atomic mass is 16.5. The highest BCUT2D eigenvalue weighted by Gasteiger charge is 2.27. The molecule has 1 atom stereocenters. The van der Waals surface area contributed by atoms with Crippen LogP contribution < -0.4 is 10.1 Å². The monoisotopic (exact) mass is 496 g/mol. The highest BCUT2D eigenvalue weighted by molar-refractivity contribution is 5.93. The molecule has 5 rings (SSSR count). The first kappa shape index (κ1) is 25.0. The normalized spacial score (nSPS) is 16.1. The average molecular weight is 497 g/mol. The Kier molecular flexibility index (Phi) is 7.85. The van der Waals surface area contributed by atoms with Crippen molar-refractivity contribution >= 4 is 22.6 Å². The van der Waals surface area contributed by atoms with Gasteiger partial charge in [0, 0.05) is 18.8 Å². The van der Waals surface area contributed by atoms with Crippen LogP contribution in [0.15, 0.2) is 72.8 Å². The lowest BCUT2D eigenvalue weighted by Gasteiger charge is -2.32. The Balaban J connectivity index is 1.31. The molecule has 192 valence electrons. The molecular formula is C31H36N4O2. The smallest absolute Gasteiger partial charge is 0.228 e. The number of fused-ring (bicyclic) bond motifs is 1. The zero-order valence-electron chi connectivity index (χ0n) is 21.8. The van der Waals surface area contributed by atoms with E-state index in [1.54, 1.807) is 7.11 Å². The predicted molar refractivity (Wildman–Crippen MR) is 149 cm³/mol. The number of hydrogen-bond acceptors (Lipinski definition) is 4. The molecule has 1 fully saturated rings. The number of ether oxygens (including phenoxy) is 1. The molecule has 6 nitrogen and oxygen atoms in total. The summed E-state index contributed by atoms with van der Waals surface area (Å²) in [5.74, 6) is 1.99. The standard InChI is InChI=1S/C31H36N4O2/c1-3-9-24-10-4-5-12-27(24)33-31(36)25-11-8-19-34(21-25)22-30-32-28-13-6-7-14-29(28)35(30)20-23-15-17-26(37-2)18-16-23/h4-7,10,12-18,25H,3,8-9,11,19-22H2,1-2H3,(H,33,36)/t25-/m1/s1. The molecule has 1 aliphatic rings. The maximum Gasteiger partial charge on any atom is 0.228 e. The lowest BCUT2D eigenvalue weighted by atomic mass is 9.96. The third-order valence-electron chi connectivity index (χ3n) is 7.27. The topological polar surface area (TPSA) is 59.4 Å². The molecule has 1 aliphatic heterocycles. The number of imidazole rings is 1. The van der Waals surface area contributed by atoms with Crippen LogP contribution in [0.1, 0.15) is 43.1 Å². The lowest BCUT2D eigenvalue weighted by Crippen LogP contribution is -2.40. The minimum atomic E-state index is -0.0251. The molecule has 3 aromatic carbocycles. The summed E-state index contributed by atoms with van der Waals surface area (Å²) in [6.45, 7) is 5.35. The van der Waals surface area contributed by atoms with Gasteiger partial charge in [0.2, 0.25) is 5.91 Å². The van der Waals surface area contributed by atoms with Gasteiger partial charge in [-0.3, -0.25) is 9.69 Å². The molecular weight excluding hydrogens is 460 g/mol. The van der Waals surface area contributed by atoms with E-state index < -0.39 is 0 Å². The summed E-state index contributed by atoms with van der Waals surface area (Å²) in [4.78, 5) is 20.6. The number of amides is 1. The molecule has 2 heterocycles. The summed E-state index contributed by atoms with van der Waals surface area (Å²) in [6.07, 6.45) is 3.95. The van der Waals surface area contributed by atoms with E-state index in [1.165, 1.54) is 11.1 Å². The van der Waals surface area contributed by atoms with Crippen molar-refractivity contribution in [3.63, 3.8) is 0 Å². The third kappa shape index (κ3) is 5.86. The van der Waals surface area contributed by atoms with Crippen molar-refractivity contribution in [3.8, 4) is 5.75 Å². The van der Waals surface area contributed by atoms with Gasteiger partial charge in [-0.2, -0.15) is 0 Å². The van der Waals surface area contributed by atoms with Crippen LogP contribution in [0.5, 0.6) is 5.75 Å². The lowest BCUT2D eigenvalue weighted by molar-refractivity contribution is -0.121. The summed E-state index contributed by atoms with van der Waals surface area (Å²) < 4.78 is 7.63. The van der Waals surface area contributed by atoms with Crippen LogP contribution in [0.4, 0.5) is 5.69 Å². The van der Waals surface area contributed by atoms with E-state index in [0.29, 0.717) is 0 Å². The molecule has 0 radical (unpaired) electrons.